The molecular formula is C21H23NO7S. The van der Waals surface area contributed by atoms with Gasteiger partial charge < -0.3 is 18.9 Å². The molecule has 1 N–H and O–H groups in total. The van der Waals surface area contributed by atoms with E-state index in [2.05, 4.69) is 0 Å². The van der Waals surface area contributed by atoms with Crippen LogP contribution < -0.4 is 23.7 Å². The van der Waals surface area contributed by atoms with Crippen molar-refractivity contribution in [1.82, 2.24) is 4.72 Å². The summed E-state index contributed by atoms with van der Waals surface area (Å²) in [4.78, 5) is 12.1. The summed E-state index contributed by atoms with van der Waals surface area (Å²) in [7, 11) is 1.81. The topological polar surface area (TPSA) is 100 Å². The van der Waals surface area contributed by atoms with E-state index < -0.39 is 15.9 Å². The predicted molar refractivity (Wildman–Crippen MR) is 114 cm³/mol. The maximum Gasteiger partial charge on any atom is 0.257 e. The minimum absolute atomic E-state index is 0.426. The Balaban J connectivity index is 2.20. The molecule has 0 saturated heterocycles. The first-order chi connectivity index (χ1) is 14.3. The molecular weight excluding hydrogens is 410 g/mol. The van der Waals surface area contributed by atoms with Crippen LogP contribution in [0.15, 0.2) is 47.9 Å². The first kappa shape index (κ1) is 22.8. The van der Waals surface area contributed by atoms with Crippen LogP contribution in [0.4, 0.5) is 0 Å². The minimum Gasteiger partial charge on any atom is -0.496 e. The standard InChI is InChI=1S/C21H23NO7S/c1-26-17-7-5-8-18(27-2)15(17)11-12-21(23)22-30(24,25)14-13-16-19(28-3)9-6-10-20(16)29-4/h5-14H,1-4H3,(H,22,23). The van der Waals surface area contributed by atoms with Crippen molar-refractivity contribution in [3.05, 3.63) is 59.0 Å². The molecule has 0 bridgehead atoms. The van der Waals surface area contributed by atoms with Gasteiger partial charge in [0.15, 0.2) is 0 Å². The zero-order valence-corrected chi connectivity index (χ0v) is 17.9. The second-order valence-electron chi connectivity index (χ2n) is 5.80. The lowest BCUT2D eigenvalue weighted by Crippen LogP contribution is -2.26. The molecule has 0 radical (unpaired) electrons. The Morgan fingerprint density at radius 1 is 0.767 bits per heavy atom. The average molecular weight is 433 g/mol. The zero-order chi connectivity index (χ0) is 22.1. The van der Waals surface area contributed by atoms with Crippen LogP contribution in [0, 0.1) is 0 Å². The monoisotopic (exact) mass is 433 g/mol. The number of carbonyl (C=O) groups excluding carboxylic acids is 1. The molecule has 0 aliphatic carbocycles. The summed E-state index contributed by atoms with van der Waals surface area (Å²) in [5.74, 6) is 0.971. The maximum absolute atomic E-state index is 12.3. The van der Waals surface area contributed by atoms with Crippen molar-refractivity contribution in [2.45, 2.75) is 0 Å². The van der Waals surface area contributed by atoms with E-state index in [0.29, 0.717) is 34.1 Å². The van der Waals surface area contributed by atoms with Gasteiger partial charge in [-0.25, -0.2) is 13.1 Å². The van der Waals surface area contributed by atoms with Crippen LogP contribution >= 0.6 is 0 Å². The van der Waals surface area contributed by atoms with Gasteiger partial charge in [0.05, 0.1) is 45.0 Å². The van der Waals surface area contributed by atoms with Crippen LogP contribution in [-0.2, 0) is 14.8 Å². The fourth-order valence-electron chi connectivity index (χ4n) is 2.61. The van der Waals surface area contributed by atoms with Crippen LogP contribution in [-0.4, -0.2) is 42.8 Å². The molecule has 8 nitrogen and oxygen atoms in total. The van der Waals surface area contributed by atoms with Gasteiger partial charge in [-0.1, -0.05) is 12.1 Å². The molecule has 2 aromatic carbocycles. The van der Waals surface area contributed by atoms with Gasteiger partial charge in [-0.2, -0.15) is 0 Å². The third kappa shape index (κ3) is 5.77. The van der Waals surface area contributed by atoms with Crippen molar-refractivity contribution in [2.75, 3.05) is 28.4 Å². The number of carbonyl (C=O) groups is 1. The van der Waals surface area contributed by atoms with Gasteiger partial charge in [-0.15, -0.1) is 0 Å². The number of benzene rings is 2. The Kier molecular flexibility index (Phi) is 7.88. The van der Waals surface area contributed by atoms with E-state index in [1.807, 2.05) is 4.72 Å². The lowest BCUT2D eigenvalue weighted by Gasteiger charge is -2.10. The van der Waals surface area contributed by atoms with Gasteiger partial charge >= 0.3 is 0 Å². The Labute approximate surface area is 175 Å². The van der Waals surface area contributed by atoms with Gasteiger partial charge in [-0.05, 0) is 36.4 Å². The van der Waals surface area contributed by atoms with Crippen LogP contribution in [0.25, 0.3) is 12.2 Å². The summed E-state index contributed by atoms with van der Waals surface area (Å²) >= 11 is 0. The average Bonchev–Trinajstić information content (AvgIpc) is 2.75. The zero-order valence-electron chi connectivity index (χ0n) is 17.0. The molecule has 0 aliphatic heterocycles. The molecule has 0 aliphatic rings. The summed E-state index contributed by atoms with van der Waals surface area (Å²) < 4.78 is 47.4. The van der Waals surface area contributed by atoms with Crippen molar-refractivity contribution in [3.63, 3.8) is 0 Å². The second kappa shape index (κ2) is 10.4. The molecule has 2 rings (SSSR count). The summed E-state index contributed by atoms with van der Waals surface area (Å²) in [5.41, 5.74) is 0.930. The van der Waals surface area contributed by atoms with E-state index >= 15 is 0 Å². The lowest BCUT2D eigenvalue weighted by atomic mass is 10.1. The summed E-state index contributed by atoms with van der Waals surface area (Å²) in [6.45, 7) is 0. The number of sulfonamides is 1. The highest BCUT2D eigenvalue weighted by Gasteiger charge is 2.13. The minimum atomic E-state index is -4.07. The van der Waals surface area contributed by atoms with Gasteiger partial charge in [0.2, 0.25) is 0 Å². The van der Waals surface area contributed by atoms with Crippen LogP contribution in [0.5, 0.6) is 23.0 Å². The van der Waals surface area contributed by atoms with Gasteiger partial charge in [0.1, 0.15) is 23.0 Å². The van der Waals surface area contributed by atoms with Crippen molar-refractivity contribution in [1.29, 1.82) is 0 Å². The van der Waals surface area contributed by atoms with Gasteiger partial charge in [0.25, 0.3) is 15.9 Å². The number of nitrogens with one attached hydrogen (secondary N) is 1. The van der Waals surface area contributed by atoms with Crippen molar-refractivity contribution < 1.29 is 32.2 Å². The van der Waals surface area contributed by atoms with Crippen molar-refractivity contribution >= 4 is 28.1 Å². The van der Waals surface area contributed by atoms with Crippen molar-refractivity contribution in [3.8, 4) is 23.0 Å². The van der Waals surface area contributed by atoms with E-state index in [1.54, 1.807) is 36.4 Å². The quantitative estimate of drug-likeness (QED) is 0.607. The molecule has 9 heteroatoms. The SMILES string of the molecule is COc1cccc(OC)c1C=CC(=O)NS(=O)(=O)C=Cc1c(OC)cccc1OC. The number of amides is 1. The first-order valence-corrected chi connectivity index (χ1v) is 10.2. The largest absolute Gasteiger partial charge is 0.496 e. The molecule has 160 valence electrons. The Morgan fingerprint density at radius 3 is 1.57 bits per heavy atom. The smallest absolute Gasteiger partial charge is 0.257 e. The molecule has 0 heterocycles. The van der Waals surface area contributed by atoms with E-state index in [9.17, 15) is 13.2 Å². The number of hydrogen-bond acceptors (Lipinski definition) is 7. The molecule has 1 amide bonds. The highest BCUT2D eigenvalue weighted by atomic mass is 32.2. The maximum atomic E-state index is 12.3. The summed E-state index contributed by atoms with van der Waals surface area (Å²) in [6.07, 6.45) is 3.78. The highest BCUT2D eigenvalue weighted by molar-refractivity contribution is 7.93. The third-order valence-electron chi connectivity index (χ3n) is 3.99. The van der Waals surface area contributed by atoms with Crippen LogP contribution in [0.2, 0.25) is 0 Å². The van der Waals surface area contributed by atoms with Crippen LogP contribution in [0.1, 0.15) is 11.1 Å². The van der Waals surface area contributed by atoms with Gasteiger partial charge in [-0.3, -0.25) is 4.79 Å². The molecule has 30 heavy (non-hydrogen) atoms. The Bertz CT molecular complexity index is 1010. The summed E-state index contributed by atoms with van der Waals surface area (Å²) in [6, 6.07) is 10.2. The fourth-order valence-corrected chi connectivity index (χ4v) is 3.34. The lowest BCUT2D eigenvalue weighted by molar-refractivity contribution is -0.114. The molecule has 2 aromatic rings. The Morgan fingerprint density at radius 2 is 1.17 bits per heavy atom. The number of ether oxygens (including phenoxy) is 4. The molecule has 0 unspecified atom stereocenters. The van der Waals surface area contributed by atoms with E-state index in [-0.39, 0.29) is 0 Å². The molecule has 0 saturated carbocycles. The third-order valence-corrected chi connectivity index (χ3v) is 4.97. The first-order valence-electron chi connectivity index (χ1n) is 8.70. The van der Waals surface area contributed by atoms with E-state index in [4.69, 9.17) is 18.9 Å². The number of methoxy groups -OCH3 is 4. The molecule has 0 aromatic heterocycles. The number of hydrogen-bond donors (Lipinski definition) is 1. The van der Waals surface area contributed by atoms with E-state index in [1.165, 1.54) is 40.6 Å². The molecule has 0 atom stereocenters. The van der Waals surface area contributed by atoms with E-state index in [0.717, 1.165) is 11.5 Å². The molecule has 0 spiro atoms. The Hall–Kier alpha value is -3.46. The number of rotatable bonds is 9. The van der Waals surface area contributed by atoms with Gasteiger partial charge in [0, 0.05) is 6.08 Å². The molecule has 0 fully saturated rings. The fraction of sp³-hybridized carbons (Fsp3) is 0.190. The highest BCUT2D eigenvalue weighted by Crippen LogP contribution is 2.30. The van der Waals surface area contributed by atoms with Crippen LogP contribution in [0.3, 0.4) is 0 Å². The normalized spacial score (nSPS) is 11.5. The van der Waals surface area contributed by atoms with Crippen molar-refractivity contribution in [2.24, 2.45) is 0 Å². The summed E-state index contributed by atoms with van der Waals surface area (Å²) in [5, 5.41) is 0.864. The second-order valence-corrected chi connectivity index (χ2v) is 7.37. The predicted octanol–water partition coefficient (Wildman–Crippen LogP) is 2.85.